The molecular formula is C11H14N3O. The number of carbonyl (C=O) groups excluding carboxylic acids is 1. The lowest BCUT2D eigenvalue weighted by Crippen LogP contribution is -2.38. The molecule has 2 rings (SSSR count). The molecule has 15 heavy (non-hydrogen) atoms. The van der Waals surface area contributed by atoms with Crippen LogP contribution in [0, 0.1) is 6.42 Å². The summed E-state index contributed by atoms with van der Waals surface area (Å²) in [5, 5.41) is 2.77. The zero-order valence-corrected chi connectivity index (χ0v) is 8.52. The summed E-state index contributed by atoms with van der Waals surface area (Å²) in [6.07, 6.45) is 5.84. The van der Waals surface area contributed by atoms with E-state index in [1.807, 2.05) is 17.0 Å². The fourth-order valence-electron chi connectivity index (χ4n) is 1.58. The number of likely N-dealkylation sites (tertiary alicyclic amines) is 1. The molecule has 0 aliphatic carbocycles. The van der Waals surface area contributed by atoms with Crippen molar-refractivity contribution in [3.63, 3.8) is 0 Å². The third kappa shape index (κ3) is 2.68. The monoisotopic (exact) mass is 204 g/mol. The number of pyridine rings is 1. The van der Waals surface area contributed by atoms with E-state index in [-0.39, 0.29) is 6.03 Å². The molecule has 2 heterocycles. The number of hydrogen-bond donors (Lipinski definition) is 1. The van der Waals surface area contributed by atoms with Crippen LogP contribution in [0.1, 0.15) is 12.8 Å². The summed E-state index contributed by atoms with van der Waals surface area (Å²) in [6.45, 7) is 1.61. The van der Waals surface area contributed by atoms with Gasteiger partial charge in [-0.2, -0.15) is 0 Å². The van der Waals surface area contributed by atoms with Crippen molar-refractivity contribution in [2.75, 3.05) is 18.4 Å². The zero-order chi connectivity index (χ0) is 10.5. The fraction of sp³-hybridized carbons (Fsp3) is 0.364. The zero-order valence-electron chi connectivity index (χ0n) is 8.52. The first-order chi connectivity index (χ1) is 7.36. The average molecular weight is 204 g/mol. The van der Waals surface area contributed by atoms with E-state index in [9.17, 15) is 4.79 Å². The van der Waals surface area contributed by atoms with Crippen LogP contribution < -0.4 is 5.32 Å². The van der Waals surface area contributed by atoms with Gasteiger partial charge in [0.05, 0.1) is 0 Å². The minimum atomic E-state index is -0.0539. The highest BCUT2D eigenvalue weighted by molar-refractivity contribution is 5.88. The second kappa shape index (κ2) is 4.77. The maximum Gasteiger partial charge on any atom is 0.323 e. The fourth-order valence-corrected chi connectivity index (χ4v) is 1.58. The summed E-state index contributed by atoms with van der Waals surface area (Å²) in [7, 11) is 0. The standard InChI is InChI=1S/C11H14N3O/c15-11(14-8-4-1-5-9-14)13-10-6-2-3-7-12-10/h1-3,6-7H,4-5,8-9H2,(H,12,13,15). The van der Waals surface area contributed by atoms with Crippen LogP contribution in [0.25, 0.3) is 0 Å². The molecule has 0 bridgehead atoms. The van der Waals surface area contributed by atoms with Gasteiger partial charge < -0.3 is 4.90 Å². The minimum absolute atomic E-state index is 0.0539. The summed E-state index contributed by atoms with van der Waals surface area (Å²) < 4.78 is 0. The van der Waals surface area contributed by atoms with Crippen LogP contribution in [0.2, 0.25) is 0 Å². The minimum Gasteiger partial charge on any atom is -0.324 e. The van der Waals surface area contributed by atoms with E-state index in [0.717, 1.165) is 25.9 Å². The van der Waals surface area contributed by atoms with Crippen LogP contribution in [-0.4, -0.2) is 29.0 Å². The van der Waals surface area contributed by atoms with Gasteiger partial charge in [0.15, 0.2) is 0 Å². The molecule has 1 radical (unpaired) electrons. The number of nitrogens with one attached hydrogen (secondary N) is 1. The molecule has 4 nitrogen and oxygen atoms in total. The van der Waals surface area contributed by atoms with Crippen molar-refractivity contribution >= 4 is 11.8 Å². The van der Waals surface area contributed by atoms with E-state index < -0.39 is 0 Å². The smallest absolute Gasteiger partial charge is 0.323 e. The highest BCUT2D eigenvalue weighted by atomic mass is 16.2. The normalized spacial score (nSPS) is 16.1. The van der Waals surface area contributed by atoms with Crippen LogP contribution in [0.3, 0.4) is 0 Å². The Kier molecular flexibility index (Phi) is 3.17. The third-order valence-electron chi connectivity index (χ3n) is 2.39. The SMILES string of the molecule is O=C(Nc1ccccn1)N1CC[CH]CC1. The number of nitrogens with zero attached hydrogens (tertiary/aromatic N) is 2. The second-order valence-electron chi connectivity index (χ2n) is 3.50. The van der Waals surface area contributed by atoms with Gasteiger partial charge in [0.2, 0.25) is 0 Å². The molecule has 1 aliphatic rings. The lowest BCUT2D eigenvalue weighted by atomic mass is 10.1. The number of anilines is 1. The Morgan fingerprint density at radius 2 is 2.13 bits per heavy atom. The quantitative estimate of drug-likeness (QED) is 0.759. The highest BCUT2D eigenvalue weighted by Gasteiger charge is 2.16. The lowest BCUT2D eigenvalue weighted by Gasteiger charge is -2.26. The first kappa shape index (κ1) is 9.96. The van der Waals surface area contributed by atoms with Gasteiger partial charge in [0, 0.05) is 19.3 Å². The van der Waals surface area contributed by atoms with Gasteiger partial charge in [-0.25, -0.2) is 9.78 Å². The summed E-state index contributed by atoms with van der Waals surface area (Å²) >= 11 is 0. The Morgan fingerprint density at radius 3 is 2.80 bits per heavy atom. The summed E-state index contributed by atoms with van der Waals surface area (Å²) in [5.41, 5.74) is 0. The van der Waals surface area contributed by atoms with E-state index in [1.54, 1.807) is 12.3 Å². The van der Waals surface area contributed by atoms with Crippen molar-refractivity contribution in [2.24, 2.45) is 0 Å². The largest absolute Gasteiger partial charge is 0.324 e. The van der Waals surface area contributed by atoms with Crippen molar-refractivity contribution in [2.45, 2.75) is 12.8 Å². The molecule has 79 valence electrons. The van der Waals surface area contributed by atoms with Crippen molar-refractivity contribution in [1.82, 2.24) is 9.88 Å². The van der Waals surface area contributed by atoms with E-state index in [2.05, 4.69) is 16.7 Å². The number of urea groups is 1. The molecule has 4 heteroatoms. The maximum atomic E-state index is 11.7. The summed E-state index contributed by atoms with van der Waals surface area (Å²) in [5.74, 6) is 0.608. The number of rotatable bonds is 1. The molecule has 1 aliphatic heterocycles. The van der Waals surface area contributed by atoms with Crippen LogP contribution in [0.4, 0.5) is 10.6 Å². The van der Waals surface area contributed by atoms with Gasteiger partial charge >= 0.3 is 6.03 Å². The van der Waals surface area contributed by atoms with E-state index in [4.69, 9.17) is 0 Å². The predicted molar refractivity (Wildman–Crippen MR) is 58.4 cm³/mol. The molecule has 1 aromatic rings. The third-order valence-corrected chi connectivity index (χ3v) is 2.39. The van der Waals surface area contributed by atoms with Crippen molar-refractivity contribution < 1.29 is 4.79 Å². The Morgan fingerprint density at radius 1 is 1.33 bits per heavy atom. The van der Waals surface area contributed by atoms with Gasteiger partial charge in [-0.1, -0.05) is 6.07 Å². The van der Waals surface area contributed by atoms with Gasteiger partial charge in [-0.3, -0.25) is 5.32 Å². The molecule has 0 aromatic carbocycles. The van der Waals surface area contributed by atoms with Gasteiger partial charge in [0.1, 0.15) is 5.82 Å². The summed E-state index contributed by atoms with van der Waals surface area (Å²) in [6, 6.07) is 5.41. The molecule has 1 saturated heterocycles. The predicted octanol–water partition coefficient (Wildman–Crippen LogP) is 1.91. The lowest BCUT2D eigenvalue weighted by molar-refractivity contribution is 0.207. The van der Waals surface area contributed by atoms with Crippen molar-refractivity contribution in [1.29, 1.82) is 0 Å². The Hall–Kier alpha value is -1.58. The molecule has 2 amide bonds. The van der Waals surface area contributed by atoms with Gasteiger partial charge in [-0.15, -0.1) is 0 Å². The number of carbonyl (C=O) groups is 1. The Balaban J connectivity index is 1.91. The highest BCUT2D eigenvalue weighted by Crippen LogP contribution is 2.09. The number of piperidine rings is 1. The first-order valence-electron chi connectivity index (χ1n) is 5.15. The number of amides is 2. The molecule has 1 aromatic heterocycles. The van der Waals surface area contributed by atoms with E-state index >= 15 is 0 Å². The second-order valence-corrected chi connectivity index (χ2v) is 3.50. The van der Waals surface area contributed by atoms with Crippen LogP contribution in [-0.2, 0) is 0 Å². The Labute approximate surface area is 89.3 Å². The molecule has 0 atom stereocenters. The molecule has 1 N–H and O–H groups in total. The van der Waals surface area contributed by atoms with Crippen molar-refractivity contribution in [3.05, 3.63) is 30.8 Å². The Bertz CT molecular complexity index is 320. The van der Waals surface area contributed by atoms with Gasteiger partial charge in [-0.05, 0) is 31.4 Å². The molecule has 0 saturated carbocycles. The topological polar surface area (TPSA) is 45.2 Å². The number of aromatic nitrogens is 1. The van der Waals surface area contributed by atoms with Crippen LogP contribution in [0.5, 0.6) is 0 Å². The molecule has 0 unspecified atom stereocenters. The molecule has 0 spiro atoms. The molecule has 1 fully saturated rings. The van der Waals surface area contributed by atoms with Crippen LogP contribution in [0.15, 0.2) is 24.4 Å². The van der Waals surface area contributed by atoms with Crippen LogP contribution >= 0.6 is 0 Å². The summed E-state index contributed by atoms with van der Waals surface area (Å²) in [4.78, 5) is 17.6. The van der Waals surface area contributed by atoms with E-state index in [0.29, 0.717) is 5.82 Å². The first-order valence-corrected chi connectivity index (χ1v) is 5.15. The van der Waals surface area contributed by atoms with E-state index in [1.165, 1.54) is 0 Å². The number of hydrogen-bond acceptors (Lipinski definition) is 2. The van der Waals surface area contributed by atoms with Crippen molar-refractivity contribution in [3.8, 4) is 0 Å². The molecular weight excluding hydrogens is 190 g/mol. The average Bonchev–Trinajstić information content (AvgIpc) is 2.31. The van der Waals surface area contributed by atoms with Gasteiger partial charge in [0.25, 0.3) is 0 Å². The maximum absolute atomic E-state index is 11.7.